The highest BCUT2D eigenvalue weighted by molar-refractivity contribution is 7.49. The van der Waals surface area contributed by atoms with E-state index in [1.807, 2.05) is 101 Å². The van der Waals surface area contributed by atoms with Gasteiger partial charge in [0.1, 0.15) is 11.5 Å². The lowest BCUT2D eigenvalue weighted by Crippen LogP contribution is -2.65. The summed E-state index contributed by atoms with van der Waals surface area (Å²) >= 11 is 0. The molecule has 2 amide bonds. The highest BCUT2D eigenvalue weighted by Gasteiger charge is 2.54. The molecule has 1 saturated heterocycles. The Bertz CT molecular complexity index is 1850. The molecule has 0 bridgehead atoms. The summed E-state index contributed by atoms with van der Waals surface area (Å²) in [6.45, 7) is 8.17. The molecule has 0 N–H and O–H groups in total. The van der Waals surface area contributed by atoms with Gasteiger partial charge < -0.3 is 18.8 Å². The van der Waals surface area contributed by atoms with Crippen molar-refractivity contribution in [2.24, 2.45) is 0 Å². The Balaban J connectivity index is 1.41. The van der Waals surface area contributed by atoms with Crippen LogP contribution < -0.4 is 9.05 Å². The lowest BCUT2D eigenvalue weighted by atomic mass is 9.77. The molecule has 6 nitrogen and oxygen atoms in total. The second-order valence-electron chi connectivity index (χ2n) is 14.3. The van der Waals surface area contributed by atoms with Crippen molar-refractivity contribution in [3.63, 3.8) is 0 Å². The Kier molecular flexibility index (Phi) is 8.60. The zero-order valence-corrected chi connectivity index (χ0v) is 30.0. The molecule has 2 fully saturated rings. The number of rotatable bonds is 3. The molecule has 1 saturated carbocycles. The molecule has 254 valence electrons. The molecular weight excluding hydrogens is 639 g/mol. The van der Waals surface area contributed by atoms with Crippen molar-refractivity contribution in [3.8, 4) is 11.5 Å². The molecule has 0 spiro atoms. The number of carbonyl (C=O) groups excluding carboxylic acids is 2. The number of aryl methyl sites for hydroxylation is 4. The largest absolute Gasteiger partial charge is 0.438 e. The summed E-state index contributed by atoms with van der Waals surface area (Å²) in [7, 11) is -1.50. The highest BCUT2D eigenvalue weighted by Crippen LogP contribution is 2.58. The van der Waals surface area contributed by atoms with Crippen LogP contribution in [0.2, 0.25) is 0 Å². The number of nitrogens with zero attached hydrogens (tertiary/aromatic N) is 2. The average molecular weight is 683 g/mol. The fraction of sp³-hybridized carbons (Fsp3) is 0.302. The van der Waals surface area contributed by atoms with Crippen molar-refractivity contribution < 1.29 is 18.6 Å². The molecule has 8 rings (SSSR count). The molecule has 4 aliphatic rings. The number of carbonyl (C=O) groups is 2. The molecule has 2 heterocycles. The topological polar surface area (TPSA) is 59.1 Å². The summed E-state index contributed by atoms with van der Waals surface area (Å²) in [5.74, 6) is 1.33. The van der Waals surface area contributed by atoms with Crippen LogP contribution in [0.25, 0.3) is 0 Å². The molecule has 50 heavy (non-hydrogen) atoms. The molecule has 0 unspecified atom stereocenters. The van der Waals surface area contributed by atoms with Gasteiger partial charge >= 0.3 is 8.38 Å². The summed E-state index contributed by atoms with van der Waals surface area (Å²) < 4.78 is 13.9. The van der Waals surface area contributed by atoms with Gasteiger partial charge in [-0.1, -0.05) is 108 Å². The number of piperazine rings is 1. The van der Waals surface area contributed by atoms with Gasteiger partial charge in [0, 0.05) is 22.3 Å². The second kappa shape index (κ2) is 13.2. The first kappa shape index (κ1) is 32.5. The zero-order valence-electron chi connectivity index (χ0n) is 29.1. The van der Waals surface area contributed by atoms with E-state index in [0.717, 1.165) is 59.1 Å². The third-order valence-corrected chi connectivity index (χ3v) is 12.1. The number of fused-ring (bicyclic) bond motifs is 6. The standard InChI is InChI=1S/C43H43N2O4P/c1-27-21-28(2)24-31(23-27)42(46)44-36-17-9-10-18-37(36)45(43(47)32-25-29(3)22-30(4)26-32)41-35-16-8-12-20-39(35)49-50(33-13-5-6-14-33)48-38-19-11-7-15-34(38)40(41)44/h5-8,11-16,19-26,33,36-37,40-41H,9-10,17-18H2,1-4H3/t36-,37-,40+,41+/m0/s1. The van der Waals surface area contributed by atoms with Crippen LogP contribution >= 0.6 is 8.38 Å². The number of para-hydroxylation sites is 2. The summed E-state index contributed by atoms with van der Waals surface area (Å²) in [6, 6.07) is 26.9. The molecule has 4 aromatic carbocycles. The van der Waals surface area contributed by atoms with Gasteiger partial charge in [-0.05, 0) is 76.9 Å². The molecule has 2 aliphatic heterocycles. The Morgan fingerprint density at radius 1 is 0.600 bits per heavy atom. The van der Waals surface area contributed by atoms with E-state index >= 15 is 9.59 Å². The summed E-state index contributed by atoms with van der Waals surface area (Å²) in [4.78, 5) is 34.8. The van der Waals surface area contributed by atoms with Gasteiger partial charge in [-0.15, -0.1) is 0 Å². The quantitative estimate of drug-likeness (QED) is 0.202. The van der Waals surface area contributed by atoms with E-state index in [2.05, 4.69) is 46.2 Å². The Morgan fingerprint density at radius 3 is 1.42 bits per heavy atom. The monoisotopic (exact) mass is 682 g/mol. The van der Waals surface area contributed by atoms with Crippen LogP contribution in [-0.4, -0.2) is 39.4 Å². The fourth-order valence-corrected chi connectivity index (χ4v) is 10.1. The SMILES string of the molecule is Cc1cc(C)cc(C(=O)N2[C@@H]3c4ccccc4OP(C4C=CC=C4)Oc4ccccc4[C@H]3N(C(=O)c3cc(C)cc(C)c3)[C@H]3CCCC[C@@H]32)c1. The Labute approximate surface area is 296 Å². The van der Waals surface area contributed by atoms with E-state index in [9.17, 15) is 0 Å². The van der Waals surface area contributed by atoms with E-state index in [1.54, 1.807) is 0 Å². The number of amides is 2. The van der Waals surface area contributed by atoms with E-state index < -0.39 is 20.5 Å². The first-order valence-electron chi connectivity index (χ1n) is 17.8. The molecule has 2 aliphatic carbocycles. The number of benzene rings is 4. The highest BCUT2D eigenvalue weighted by atomic mass is 31.2. The summed E-state index contributed by atoms with van der Waals surface area (Å²) in [6.07, 6.45) is 11.9. The lowest BCUT2D eigenvalue weighted by molar-refractivity contribution is -0.0531. The van der Waals surface area contributed by atoms with Crippen LogP contribution in [0.15, 0.2) is 109 Å². The van der Waals surface area contributed by atoms with Crippen molar-refractivity contribution >= 4 is 20.2 Å². The van der Waals surface area contributed by atoms with Crippen molar-refractivity contribution in [2.45, 2.75) is 83.2 Å². The zero-order chi connectivity index (χ0) is 34.5. The van der Waals surface area contributed by atoms with Gasteiger partial charge in [0.05, 0.1) is 29.8 Å². The fourth-order valence-electron chi connectivity index (χ4n) is 8.66. The first-order valence-corrected chi connectivity index (χ1v) is 19.0. The molecule has 0 aromatic heterocycles. The number of hydrogen-bond donors (Lipinski definition) is 0. The van der Waals surface area contributed by atoms with Gasteiger partial charge in [-0.2, -0.15) is 0 Å². The number of allylic oxidation sites excluding steroid dienone is 4. The predicted molar refractivity (Wildman–Crippen MR) is 199 cm³/mol. The van der Waals surface area contributed by atoms with E-state index in [-0.39, 0.29) is 29.6 Å². The maximum absolute atomic E-state index is 15.3. The van der Waals surface area contributed by atoms with Crippen LogP contribution in [0.1, 0.15) is 91.9 Å². The van der Waals surface area contributed by atoms with Crippen molar-refractivity contribution in [1.29, 1.82) is 0 Å². The van der Waals surface area contributed by atoms with Crippen LogP contribution in [0, 0.1) is 27.7 Å². The molecule has 4 aromatic rings. The maximum Gasteiger partial charge on any atom is 0.301 e. The molecule has 4 atom stereocenters. The van der Waals surface area contributed by atoms with E-state index in [1.165, 1.54) is 0 Å². The van der Waals surface area contributed by atoms with Crippen LogP contribution in [0.4, 0.5) is 0 Å². The normalized spacial score (nSPS) is 23.0. The average Bonchev–Trinajstić information content (AvgIpc) is 3.66. The van der Waals surface area contributed by atoms with Crippen molar-refractivity contribution in [1.82, 2.24) is 9.80 Å². The summed E-state index contributed by atoms with van der Waals surface area (Å²) in [5.41, 5.74) is 7.27. The van der Waals surface area contributed by atoms with Crippen molar-refractivity contribution in [2.75, 3.05) is 0 Å². The maximum atomic E-state index is 15.3. The third-order valence-electron chi connectivity index (χ3n) is 10.5. The van der Waals surface area contributed by atoms with E-state index in [0.29, 0.717) is 22.6 Å². The first-order chi connectivity index (χ1) is 24.3. The van der Waals surface area contributed by atoms with Crippen LogP contribution in [0.5, 0.6) is 11.5 Å². The minimum absolute atomic E-state index is 0.0152. The third kappa shape index (κ3) is 5.84. The predicted octanol–water partition coefficient (Wildman–Crippen LogP) is 9.89. The molecular formula is C43H43N2O4P. The van der Waals surface area contributed by atoms with Gasteiger partial charge in [0.15, 0.2) is 0 Å². The number of hydrogen-bond acceptors (Lipinski definition) is 4. The van der Waals surface area contributed by atoms with Gasteiger partial charge in [-0.3, -0.25) is 9.59 Å². The second-order valence-corrected chi connectivity index (χ2v) is 15.8. The Hall–Kier alpha value is -4.67. The van der Waals surface area contributed by atoms with E-state index in [4.69, 9.17) is 9.05 Å². The molecule has 0 radical (unpaired) electrons. The van der Waals surface area contributed by atoms with Gasteiger partial charge in [-0.25, -0.2) is 0 Å². The van der Waals surface area contributed by atoms with Crippen LogP contribution in [0.3, 0.4) is 0 Å². The lowest BCUT2D eigenvalue weighted by Gasteiger charge is -2.58. The minimum atomic E-state index is -1.50. The summed E-state index contributed by atoms with van der Waals surface area (Å²) in [5, 5.41) is 0. The van der Waals surface area contributed by atoms with Gasteiger partial charge in [0.25, 0.3) is 11.8 Å². The molecule has 7 heteroatoms. The van der Waals surface area contributed by atoms with Crippen molar-refractivity contribution in [3.05, 3.63) is 154 Å². The Morgan fingerprint density at radius 2 is 1.00 bits per heavy atom. The minimum Gasteiger partial charge on any atom is -0.438 e. The van der Waals surface area contributed by atoms with Crippen LogP contribution in [-0.2, 0) is 0 Å². The smallest absolute Gasteiger partial charge is 0.301 e. The van der Waals surface area contributed by atoms with Gasteiger partial charge in [0.2, 0.25) is 0 Å².